The Bertz CT molecular complexity index is 792. The zero-order chi connectivity index (χ0) is 16.4. The molecule has 24 heavy (non-hydrogen) atoms. The average molecular weight is 361 g/mol. The van der Waals surface area contributed by atoms with Crippen LogP contribution < -0.4 is 4.74 Å². The van der Waals surface area contributed by atoms with Gasteiger partial charge in [0.2, 0.25) is 0 Å². The second-order valence-electron chi connectivity index (χ2n) is 5.46. The second kappa shape index (κ2) is 6.70. The van der Waals surface area contributed by atoms with Crippen LogP contribution in [0.4, 0.5) is 0 Å². The molecule has 1 fully saturated rings. The maximum absolute atomic E-state index is 12.6. The van der Waals surface area contributed by atoms with Crippen LogP contribution in [-0.2, 0) is 0 Å². The molecule has 3 aromatic rings. The van der Waals surface area contributed by atoms with Gasteiger partial charge in [0.25, 0.3) is 11.1 Å². The summed E-state index contributed by atoms with van der Waals surface area (Å²) < 4.78 is 5.77. The molecule has 7 nitrogen and oxygen atoms in total. The van der Waals surface area contributed by atoms with Crippen molar-refractivity contribution in [1.29, 1.82) is 0 Å². The van der Waals surface area contributed by atoms with Gasteiger partial charge in [0, 0.05) is 25.9 Å². The molecule has 0 unspecified atom stereocenters. The molecule has 0 spiro atoms. The van der Waals surface area contributed by atoms with Crippen molar-refractivity contribution in [3.8, 4) is 15.8 Å². The average Bonchev–Trinajstić information content (AvgIpc) is 3.36. The molecule has 0 saturated carbocycles. The molecular formula is C15H15N5O2S2. The topological polar surface area (TPSA) is 84.0 Å². The lowest BCUT2D eigenvalue weighted by Gasteiger charge is -2.31. The summed E-state index contributed by atoms with van der Waals surface area (Å²) in [6, 6.07) is 5.80. The molecular weight excluding hydrogens is 346 g/mol. The number of aromatic amines is 1. The lowest BCUT2D eigenvalue weighted by atomic mass is 10.1. The number of amides is 1. The van der Waals surface area contributed by atoms with Crippen molar-refractivity contribution < 1.29 is 9.53 Å². The lowest BCUT2D eigenvalue weighted by Crippen LogP contribution is -2.41. The van der Waals surface area contributed by atoms with E-state index in [1.807, 2.05) is 28.5 Å². The van der Waals surface area contributed by atoms with Crippen LogP contribution in [0, 0.1) is 0 Å². The normalized spacial score (nSPS) is 15.6. The van der Waals surface area contributed by atoms with Crippen molar-refractivity contribution >= 4 is 28.6 Å². The summed E-state index contributed by atoms with van der Waals surface area (Å²) >= 11 is 3.00. The van der Waals surface area contributed by atoms with E-state index in [9.17, 15) is 4.79 Å². The number of hydrogen-bond donors (Lipinski definition) is 1. The van der Waals surface area contributed by atoms with Crippen LogP contribution in [0.25, 0.3) is 10.6 Å². The molecule has 1 N–H and O–H groups in total. The Morgan fingerprint density at radius 3 is 2.92 bits per heavy atom. The number of likely N-dealkylation sites (tertiary alicyclic amines) is 1. The molecule has 0 atom stereocenters. The first kappa shape index (κ1) is 15.3. The molecule has 0 radical (unpaired) electrons. The number of piperidine rings is 1. The summed E-state index contributed by atoms with van der Waals surface area (Å²) in [7, 11) is 0. The maximum atomic E-state index is 12.6. The minimum Gasteiger partial charge on any atom is -0.465 e. The van der Waals surface area contributed by atoms with Gasteiger partial charge in [-0.3, -0.25) is 9.89 Å². The van der Waals surface area contributed by atoms with Crippen molar-refractivity contribution in [2.75, 3.05) is 13.1 Å². The van der Waals surface area contributed by atoms with E-state index >= 15 is 0 Å². The summed E-state index contributed by atoms with van der Waals surface area (Å²) in [5, 5.41) is 17.4. The number of hydrogen-bond acceptors (Lipinski definition) is 7. The van der Waals surface area contributed by atoms with Gasteiger partial charge in [-0.05, 0) is 17.5 Å². The van der Waals surface area contributed by atoms with Gasteiger partial charge in [-0.15, -0.1) is 21.5 Å². The van der Waals surface area contributed by atoms with E-state index in [-0.39, 0.29) is 12.0 Å². The molecule has 4 rings (SSSR count). The van der Waals surface area contributed by atoms with Gasteiger partial charge in [0.15, 0.2) is 5.69 Å². The Labute approximate surface area is 146 Å². The van der Waals surface area contributed by atoms with Crippen LogP contribution in [0.15, 0.2) is 29.1 Å². The smallest absolute Gasteiger partial charge is 0.294 e. The van der Waals surface area contributed by atoms with Gasteiger partial charge in [-0.2, -0.15) is 5.10 Å². The summed E-state index contributed by atoms with van der Waals surface area (Å²) in [4.78, 5) is 15.5. The molecule has 4 heterocycles. The first-order valence-corrected chi connectivity index (χ1v) is 9.37. The predicted octanol–water partition coefficient (Wildman–Crippen LogP) is 2.67. The molecule has 1 aliphatic heterocycles. The first-order valence-electron chi connectivity index (χ1n) is 7.61. The largest absolute Gasteiger partial charge is 0.465 e. The van der Waals surface area contributed by atoms with Gasteiger partial charge < -0.3 is 9.64 Å². The number of nitrogens with zero attached hydrogens (tertiary/aromatic N) is 4. The summed E-state index contributed by atoms with van der Waals surface area (Å²) in [6.07, 6.45) is 1.66. The number of rotatable bonds is 4. The SMILES string of the molecule is O=C(c1cc(-c2cccs2)[nH]n1)N1CCC(Oc2nncs2)CC1. The van der Waals surface area contributed by atoms with E-state index in [2.05, 4.69) is 20.4 Å². The van der Waals surface area contributed by atoms with Gasteiger partial charge in [0.1, 0.15) is 11.6 Å². The third-order valence-corrected chi connectivity index (χ3v) is 5.40. The minimum atomic E-state index is -0.0385. The summed E-state index contributed by atoms with van der Waals surface area (Å²) in [6.45, 7) is 1.31. The van der Waals surface area contributed by atoms with E-state index in [1.54, 1.807) is 16.8 Å². The van der Waals surface area contributed by atoms with Crippen LogP contribution >= 0.6 is 22.7 Å². The predicted molar refractivity (Wildman–Crippen MR) is 91.4 cm³/mol. The fraction of sp³-hybridized carbons (Fsp3) is 0.333. The monoisotopic (exact) mass is 361 g/mol. The maximum Gasteiger partial charge on any atom is 0.294 e. The third-order valence-electron chi connectivity index (χ3n) is 3.92. The van der Waals surface area contributed by atoms with Gasteiger partial charge in [0.05, 0.1) is 10.6 Å². The van der Waals surface area contributed by atoms with Crippen molar-refractivity contribution in [2.24, 2.45) is 0 Å². The van der Waals surface area contributed by atoms with Crippen molar-refractivity contribution in [1.82, 2.24) is 25.3 Å². The van der Waals surface area contributed by atoms with Crippen LogP contribution in [0.3, 0.4) is 0 Å². The molecule has 1 amide bonds. The number of H-pyrrole nitrogens is 1. The van der Waals surface area contributed by atoms with Crippen LogP contribution in [0.1, 0.15) is 23.3 Å². The van der Waals surface area contributed by atoms with E-state index < -0.39 is 0 Å². The van der Waals surface area contributed by atoms with Gasteiger partial charge in [-0.25, -0.2) is 0 Å². The van der Waals surface area contributed by atoms with E-state index in [1.165, 1.54) is 11.3 Å². The van der Waals surface area contributed by atoms with Crippen molar-refractivity contribution in [3.63, 3.8) is 0 Å². The van der Waals surface area contributed by atoms with E-state index in [0.717, 1.165) is 23.4 Å². The Hall–Kier alpha value is -2.26. The number of carbonyl (C=O) groups is 1. The van der Waals surface area contributed by atoms with Crippen LogP contribution in [-0.4, -0.2) is 50.4 Å². The molecule has 3 aromatic heterocycles. The number of ether oxygens (including phenoxy) is 1. The third kappa shape index (κ3) is 3.17. The highest BCUT2D eigenvalue weighted by atomic mass is 32.1. The Balaban J connectivity index is 1.36. The molecule has 1 aliphatic rings. The molecule has 0 aromatic carbocycles. The standard InChI is InChI=1S/C15H15N5O2S2/c21-14(12-8-11(17-18-12)13-2-1-7-23-13)20-5-3-10(4-6-20)22-15-19-16-9-24-15/h1-2,7-10H,3-6H2,(H,17,18). The number of thiophene rings is 1. The second-order valence-corrected chi connectivity index (χ2v) is 7.20. The quantitative estimate of drug-likeness (QED) is 0.772. The van der Waals surface area contributed by atoms with Gasteiger partial charge >= 0.3 is 0 Å². The highest BCUT2D eigenvalue weighted by Crippen LogP contribution is 2.24. The minimum absolute atomic E-state index is 0.0385. The Morgan fingerprint density at radius 1 is 1.33 bits per heavy atom. The number of nitrogens with one attached hydrogen (secondary N) is 1. The Morgan fingerprint density at radius 2 is 2.21 bits per heavy atom. The fourth-order valence-electron chi connectivity index (χ4n) is 2.68. The summed E-state index contributed by atoms with van der Waals surface area (Å²) in [5.41, 5.74) is 2.99. The fourth-order valence-corrected chi connectivity index (χ4v) is 3.85. The van der Waals surface area contributed by atoms with E-state index in [4.69, 9.17) is 4.74 Å². The van der Waals surface area contributed by atoms with Gasteiger partial charge in [-0.1, -0.05) is 17.4 Å². The van der Waals surface area contributed by atoms with E-state index in [0.29, 0.717) is 24.0 Å². The number of aromatic nitrogens is 4. The van der Waals surface area contributed by atoms with Crippen molar-refractivity contribution in [2.45, 2.75) is 18.9 Å². The first-order chi connectivity index (χ1) is 11.8. The van der Waals surface area contributed by atoms with Crippen LogP contribution in [0.2, 0.25) is 0 Å². The number of carbonyl (C=O) groups excluding carboxylic acids is 1. The lowest BCUT2D eigenvalue weighted by molar-refractivity contribution is 0.0588. The summed E-state index contributed by atoms with van der Waals surface area (Å²) in [5.74, 6) is -0.0385. The molecule has 0 aliphatic carbocycles. The highest BCUT2D eigenvalue weighted by Gasteiger charge is 2.26. The zero-order valence-corrected chi connectivity index (χ0v) is 14.3. The van der Waals surface area contributed by atoms with Crippen LogP contribution in [0.5, 0.6) is 5.19 Å². The molecule has 1 saturated heterocycles. The highest BCUT2D eigenvalue weighted by molar-refractivity contribution is 7.13. The molecule has 124 valence electrons. The molecule has 9 heteroatoms. The molecule has 0 bridgehead atoms. The zero-order valence-electron chi connectivity index (χ0n) is 12.7. The Kier molecular flexibility index (Phi) is 4.26. The van der Waals surface area contributed by atoms with Crippen molar-refractivity contribution in [3.05, 3.63) is 34.8 Å².